The van der Waals surface area contributed by atoms with Gasteiger partial charge in [0.2, 0.25) is 5.91 Å². The first-order valence-electron chi connectivity index (χ1n) is 5.40. The third-order valence-corrected chi connectivity index (χ3v) is 2.99. The van der Waals surface area contributed by atoms with Gasteiger partial charge in [0, 0.05) is 18.2 Å². The fourth-order valence-corrected chi connectivity index (χ4v) is 1.83. The molecule has 0 saturated heterocycles. The Labute approximate surface area is 106 Å². The summed E-state index contributed by atoms with van der Waals surface area (Å²) in [6.07, 6.45) is 4.68. The zero-order valence-corrected chi connectivity index (χ0v) is 10.7. The predicted molar refractivity (Wildman–Crippen MR) is 71.1 cm³/mol. The van der Waals surface area contributed by atoms with Crippen LogP contribution in [0.15, 0.2) is 25.3 Å². The standard InChI is InChI=1S/C12H19NO3S/c1-3-5-10(6-4-2)12(16)13-7-8-17-9-11(14)15/h3-4,10H,1-2,5-9H2,(H,13,16)(H,14,15). The molecule has 0 aliphatic rings. The lowest BCUT2D eigenvalue weighted by molar-refractivity contribution is -0.134. The highest BCUT2D eigenvalue weighted by molar-refractivity contribution is 7.99. The second-order valence-corrected chi connectivity index (χ2v) is 4.59. The molecule has 0 rings (SSSR count). The minimum Gasteiger partial charge on any atom is -0.481 e. The van der Waals surface area contributed by atoms with Crippen molar-refractivity contribution in [2.24, 2.45) is 5.92 Å². The van der Waals surface area contributed by atoms with Crippen LogP contribution in [0.25, 0.3) is 0 Å². The van der Waals surface area contributed by atoms with Gasteiger partial charge >= 0.3 is 5.97 Å². The number of hydrogen-bond donors (Lipinski definition) is 2. The van der Waals surface area contributed by atoms with Crippen LogP contribution in [0.3, 0.4) is 0 Å². The van der Waals surface area contributed by atoms with Gasteiger partial charge in [0.05, 0.1) is 5.75 Å². The van der Waals surface area contributed by atoms with Crippen molar-refractivity contribution in [2.45, 2.75) is 12.8 Å². The number of amides is 1. The highest BCUT2D eigenvalue weighted by atomic mass is 32.2. The minimum atomic E-state index is -0.836. The fourth-order valence-electron chi connectivity index (χ4n) is 1.26. The molecule has 0 radical (unpaired) electrons. The van der Waals surface area contributed by atoms with Gasteiger partial charge in [-0.2, -0.15) is 0 Å². The summed E-state index contributed by atoms with van der Waals surface area (Å²) in [6.45, 7) is 7.71. The Morgan fingerprint density at radius 2 is 1.88 bits per heavy atom. The van der Waals surface area contributed by atoms with E-state index in [0.717, 1.165) is 0 Å². The maximum absolute atomic E-state index is 11.7. The van der Waals surface area contributed by atoms with Gasteiger partial charge in [0.1, 0.15) is 0 Å². The number of rotatable bonds is 10. The summed E-state index contributed by atoms with van der Waals surface area (Å²) < 4.78 is 0. The van der Waals surface area contributed by atoms with Gasteiger partial charge in [-0.3, -0.25) is 9.59 Å². The van der Waals surface area contributed by atoms with Gasteiger partial charge in [-0.1, -0.05) is 12.2 Å². The first kappa shape index (κ1) is 15.8. The number of nitrogens with one attached hydrogen (secondary N) is 1. The Hall–Kier alpha value is -1.23. The first-order valence-corrected chi connectivity index (χ1v) is 6.56. The van der Waals surface area contributed by atoms with E-state index in [0.29, 0.717) is 25.1 Å². The molecule has 0 atom stereocenters. The molecule has 4 nitrogen and oxygen atoms in total. The second-order valence-electron chi connectivity index (χ2n) is 3.48. The van der Waals surface area contributed by atoms with Crippen LogP contribution < -0.4 is 5.32 Å². The molecule has 17 heavy (non-hydrogen) atoms. The number of allylic oxidation sites excluding steroid dienone is 2. The number of carbonyl (C=O) groups excluding carboxylic acids is 1. The van der Waals surface area contributed by atoms with E-state index in [1.54, 1.807) is 12.2 Å². The van der Waals surface area contributed by atoms with E-state index in [9.17, 15) is 9.59 Å². The van der Waals surface area contributed by atoms with Crippen molar-refractivity contribution in [3.05, 3.63) is 25.3 Å². The average Bonchev–Trinajstić information content (AvgIpc) is 2.27. The zero-order chi connectivity index (χ0) is 13.1. The summed E-state index contributed by atoms with van der Waals surface area (Å²) in [4.78, 5) is 21.9. The van der Waals surface area contributed by atoms with Crippen LogP contribution in [0.1, 0.15) is 12.8 Å². The summed E-state index contributed by atoms with van der Waals surface area (Å²) in [7, 11) is 0. The van der Waals surface area contributed by atoms with Crippen molar-refractivity contribution in [3.63, 3.8) is 0 Å². The highest BCUT2D eigenvalue weighted by Crippen LogP contribution is 2.09. The van der Waals surface area contributed by atoms with Crippen molar-refractivity contribution in [1.29, 1.82) is 0 Å². The lowest BCUT2D eigenvalue weighted by Gasteiger charge is -2.12. The minimum absolute atomic E-state index is 0.0271. The monoisotopic (exact) mass is 257 g/mol. The SMILES string of the molecule is C=CCC(CC=C)C(=O)NCCSCC(=O)O. The summed E-state index contributed by atoms with van der Waals surface area (Å²) in [5.41, 5.74) is 0. The molecule has 1 amide bonds. The van der Waals surface area contributed by atoms with E-state index in [2.05, 4.69) is 18.5 Å². The van der Waals surface area contributed by atoms with Crippen LogP contribution in [-0.2, 0) is 9.59 Å². The number of hydrogen-bond acceptors (Lipinski definition) is 3. The van der Waals surface area contributed by atoms with Crippen molar-refractivity contribution < 1.29 is 14.7 Å². The summed E-state index contributed by atoms with van der Waals surface area (Å²) in [6, 6.07) is 0. The van der Waals surface area contributed by atoms with E-state index in [1.807, 2.05) is 0 Å². The molecule has 96 valence electrons. The number of carbonyl (C=O) groups is 2. The number of thioether (sulfide) groups is 1. The van der Waals surface area contributed by atoms with Crippen LogP contribution in [0.5, 0.6) is 0 Å². The van der Waals surface area contributed by atoms with Gasteiger partial charge < -0.3 is 10.4 Å². The maximum Gasteiger partial charge on any atom is 0.313 e. The molecule has 0 spiro atoms. The average molecular weight is 257 g/mol. The molecule has 0 bridgehead atoms. The fraction of sp³-hybridized carbons (Fsp3) is 0.500. The Morgan fingerprint density at radius 3 is 2.35 bits per heavy atom. The van der Waals surface area contributed by atoms with E-state index in [-0.39, 0.29) is 17.6 Å². The molecule has 0 saturated carbocycles. The van der Waals surface area contributed by atoms with E-state index in [4.69, 9.17) is 5.11 Å². The van der Waals surface area contributed by atoms with Crippen molar-refractivity contribution in [1.82, 2.24) is 5.32 Å². The molecular formula is C12H19NO3S. The third kappa shape index (κ3) is 8.56. The molecule has 0 aliphatic heterocycles. The van der Waals surface area contributed by atoms with Crippen LogP contribution in [-0.4, -0.2) is 35.0 Å². The van der Waals surface area contributed by atoms with Crippen LogP contribution in [0, 0.1) is 5.92 Å². The van der Waals surface area contributed by atoms with E-state index in [1.165, 1.54) is 11.8 Å². The van der Waals surface area contributed by atoms with Gasteiger partial charge in [-0.05, 0) is 12.8 Å². The first-order chi connectivity index (χ1) is 8.11. The predicted octanol–water partition coefficient (Wildman–Crippen LogP) is 1.69. The third-order valence-electron chi connectivity index (χ3n) is 2.04. The Morgan fingerprint density at radius 1 is 1.29 bits per heavy atom. The van der Waals surface area contributed by atoms with Gasteiger partial charge in [-0.25, -0.2) is 0 Å². The molecule has 0 fully saturated rings. The van der Waals surface area contributed by atoms with Gasteiger partial charge in [0.25, 0.3) is 0 Å². The second kappa shape index (κ2) is 9.96. The smallest absolute Gasteiger partial charge is 0.313 e. The molecule has 2 N–H and O–H groups in total. The van der Waals surface area contributed by atoms with Gasteiger partial charge in [0.15, 0.2) is 0 Å². The van der Waals surface area contributed by atoms with E-state index >= 15 is 0 Å². The van der Waals surface area contributed by atoms with E-state index < -0.39 is 5.97 Å². The molecule has 0 aromatic heterocycles. The molecule has 0 heterocycles. The molecular weight excluding hydrogens is 238 g/mol. The van der Waals surface area contributed by atoms with Crippen LogP contribution >= 0.6 is 11.8 Å². The van der Waals surface area contributed by atoms with Crippen molar-refractivity contribution in [2.75, 3.05) is 18.1 Å². The lowest BCUT2D eigenvalue weighted by Crippen LogP contribution is -2.32. The zero-order valence-electron chi connectivity index (χ0n) is 9.85. The Bertz CT molecular complexity index is 269. The van der Waals surface area contributed by atoms with Crippen molar-refractivity contribution in [3.8, 4) is 0 Å². The largest absolute Gasteiger partial charge is 0.481 e. The van der Waals surface area contributed by atoms with Crippen molar-refractivity contribution >= 4 is 23.6 Å². The van der Waals surface area contributed by atoms with Crippen LogP contribution in [0.4, 0.5) is 0 Å². The Balaban J connectivity index is 3.77. The number of aliphatic carboxylic acids is 1. The normalized spacial score (nSPS) is 9.94. The topological polar surface area (TPSA) is 66.4 Å². The molecule has 0 aromatic rings. The number of carboxylic acids is 1. The summed E-state index contributed by atoms with van der Waals surface area (Å²) in [5.74, 6) is -0.307. The number of carboxylic acid groups (broad SMARTS) is 1. The van der Waals surface area contributed by atoms with Gasteiger partial charge in [-0.15, -0.1) is 24.9 Å². The summed E-state index contributed by atoms with van der Waals surface area (Å²) in [5, 5.41) is 11.2. The highest BCUT2D eigenvalue weighted by Gasteiger charge is 2.14. The quantitative estimate of drug-likeness (QED) is 0.461. The molecule has 0 aromatic carbocycles. The summed E-state index contributed by atoms with van der Waals surface area (Å²) >= 11 is 1.29. The molecule has 5 heteroatoms. The molecule has 0 aliphatic carbocycles. The Kier molecular flexibility index (Phi) is 9.24. The maximum atomic E-state index is 11.7. The molecule has 0 unspecified atom stereocenters. The van der Waals surface area contributed by atoms with Crippen LogP contribution in [0.2, 0.25) is 0 Å². The lowest BCUT2D eigenvalue weighted by atomic mass is 10.0.